The molecule has 1 N–H and O–H groups in total. The number of carbonyl (C=O) groups excluding carboxylic acids is 1. The molecule has 0 atom stereocenters. The van der Waals surface area contributed by atoms with Gasteiger partial charge in [-0.15, -0.1) is 0 Å². The van der Waals surface area contributed by atoms with E-state index >= 15 is 0 Å². The third kappa shape index (κ3) is 3.62. The molecule has 1 rings (SSSR count). The summed E-state index contributed by atoms with van der Waals surface area (Å²) in [7, 11) is 1.48. The summed E-state index contributed by atoms with van der Waals surface area (Å²) in [6.07, 6.45) is -0.691. The van der Waals surface area contributed by atoms with Gasteiger partial charge in [-0.1, -0.05) is 20.8 Å². The molecule has 0 aliphatic heterocycles. The topological polar surface area (TPSA) is 47.6 Å². The Morgan fingerprint density at radius 3 is 2.50 bits per heavy atom. The van der Waals surface area contributed by atoms with E-state index in [2.05, 4.69) is 21.2 Å². The first-order chi connectivity index (χ1) is 9.22. The number of halogens is 2. The first-order valence-electron chi connectivity index (χ1n) is 6.22. The van der Waals surface area contributed by atoms with Gasteiger partial charge >= 0.3 is 6.09 Å². The highest BCUT2D eigenvalue weighted by Gasteiger charge is 2.25. The first kappa shape index (κ1) is 16.8. The summed E-state index contributed by atoms with van der Waals surface area (Å²) in [6.45, 7) is 7.83. The number of carbonyl (C=O) groups is 1. The van der Waals surface area contributed by atoms with Crippen molar-refractivity contribution in [2.75, 3.05) is 19.0 Å². The lowest BCUT2D eigenvalue weighted by atomic mass is 9.86. The molecule has 6 heteroatoms. The summed E-state index contributed by atoms with van der Waals surface area (Å²) < 4.78 is 24.4. The van der Waals surface area contributed by atoms with Gasteiger partial charge in [0.25, 0.3) is 0 Å². The van der Waals surface area contributed by atoms with Gasteiger partial charge in [-0.25, -0.2) is 9.18 Å². The Balaban J connectivity index is 3.33. The molecule has 1 amide bonds. The number of hydrogen-bond donors (Lipinski definition) is 1. The second-order valence-electron chi connectivity index (χ2n) is 5.23. The monoisotopic (exact) mass is 347 g/mol. The van der Waals surface area contributed by atoms with Crippen LogP contribution < -0.4 is 10.1 Å². The molecule has 0 saturated heterocycles. The number of nitrogens with one attached hydrogen (secondary N) is 1. The summed E-state index contributed by atoms with van der Waals surface area (Å²) >= 11 is 3.17. The Labute approximate surface area is 126 Å². The summed E-state index contributed by atoms with van der Waals surface area (Å²) in [6, 6.07) is 1.57. The summed E-state index contributed by atoms with van der Waals surface area (Å²) in [5, 5.41) is 2.39. The quantitative estimate of drug-likeness (QED) is 0.877. The van der Waals surface area contributed by atoms with Crippen molar-refractivity contribution in [2.24, 2.45) is 0 Å². The molecule has 0 unspecified atom stereocenters. The highest BCUT2D eigenvalue weighted by molar-refractivity contribution is 9.10. The number of ether oxygens (including phenoxy) is 2. The van der Waals surface area contributed by atoms with Gasteiger partial charge in [0, 0.05) is 5.56 Å². The van der Waals surface area contributed by atoms with E-state index in [0.717, 1.165) is 5.56 Å². The van der Waals surface area contributed by atoms with Crippen LogP contribution in [0.4, 0.5) is 14.9 Å². The van der Waals surface area contributed by atoms with Crippen LogP contribution in [0.2, 0.25) is 0 Å². The second-order valence-corrected chi connectivity index (χ2v) is 6.02. The molecule has 0 saturated carbocycles. The van der Waals surface area contributed by atoms with Gasteiger partial charge in [0.1, 0.15) is 5.75 Å². The van der Waals surface area contributed by atoms with Crippen LogP contribution in [0.1, 0.15) is 33.3 Å². The van der Waals surface area contributed by atoms with E-state index in [1.54, 1.807) is 13.0 Å². The minimum atomic E-state index is -0.691. The largest absolute Gasteiger partial charge is 0.495 e. The van der Waals surface area contributed by atoms with E-state index in [9.17, 15) is 9.18 Å². The van der Waals surface area contributed by atoms with Crippen LogP contribution in [-0.4, -0.2) is 19.8 Å². The summed E-state index contributed by atoms with van der Waals surface area (Å²) in [5.74, 6) is -0.174. The molecule has 20 heavy (non-hydrogen) atoms. The zero-order valence-corrected chi connectivity index (χ0v) is 13.9. The molecule has 112 valence electrons. The fourth-order valence-corrected chi connectivity index (χ4v) is 2.32. The molecule has 0 bridgehead atoms. The number of hydrogen-bond acceptors (Lipinski definition) is 3. The van der Waals surface area contributed by atoms with Crippen molar-refractivity contribution in [3.8, 4) is 5.75 Å². The molecule has 4 nitrogen and oxygen atoms in total. The number of methoxy groups -OCH3 is 1. The van der Waals surface area contributed by atoms with Gasteiger partial charge in [-0.3, -0.25) is 5.32 Å². The number of anilines is 1. The van der Waals surface area contributed by atoms with Gasteiger partial charge in [0.15, 0.2) is 5.82 Å². The van der Waals surface area contributed by atoms with Crippen molar-refractivity contribution >= 4 is 27.7 Å². The molecule has 0 fully saturated rings. The molecule has 1 aromatic rings. The van der Waals surface area contributed by atoms with Crippen LogP contribution in [0, 0.1) is 5.82 Å². The van der Waals surface area contributed by atoms with Crippen LogP contribution in [0.5, 0.6) is 5.75 Å². The van der Waals surface area contributed by atoms with Crippen LogP contribution in [0.3, 0.4) is 0 Å². The molecular formula is C14H19BrFNO3. The Bertz CT molecular complexity index is 512. The van der Waals surface area contributed by atoms with Gasteiger partial charge in [0.05, 0.1) is 23.9 Å². The maximum absolute atomic E-state index is 14.2. The third-order valence-electron chi connectivity index (χ3n) is 2.69. The highest BCUT2D eigenvalue weighted by atomic mass is 79.9. The van der Waals surface area contributed by atoms with Gasteiger partial charge in [0.2, 0.25) is 0 Å². The maximum atomic E-state index is 14.2. The van der Waals surface area contributed by atoms with Crippen molar-refractivity contribution in [2.45, 2.75) is 33.1 Å². The molecular weight excluding hydrogens is 329 g/mol. The molecule has 0 radical (unpaired) electrons. The number of benzene rings is 1. The summed E-state index contributed by atoms with van der Waals surface area (Å²) in [4.78, 5) is 11.4. The Morgan fingerprint density at radius 2 is 2.05 bits per heavy atom. The lowest BCUT2D eigenvalue weighted by Crippen LogP contribution is -2.18. The smallest absolute Gasteiger partial charge is 0.411 e. The van der Waals surface area contributed by atoms with Crippen LogP contribution in [0.15, 0.2) is 10.5 Å². The Morgan fingerprint density at radius 1 is 1.45 bits per heavy atom. The fraction of sp³-hybridized carbons (Fsp3) is 0.500. The minimum Gasteiger partial charge on any atom is -0.495 e. The zero-order chi connectivity index (χ0) is 15.5. The predicted molar refractivity (Wildman–Crippen MR) is 80.0 cm³/mol. The van der Waals surface area contributed by atoms with Crippen LogP contribution in [0.25, 0.3) is 0 Å². The Hall–Kier alpha value is -1.30. The van der Waals surface area contributed by atoms with Gasteiger partial charge < -0.3 is 9.47 Å². The van der Waals surface area contributed by atoms with E-state index in [1.807, 2.05) is 20.8 Å². The molecule has 0 aromatic heterocycles. The number of rotatable bonds is 3. The van der Waals surface area contributed by atoms with Crippen molar-refractivity contribution in [1.29, 1.82) is 0 Å². The van der Waals surface area contributed by atoms with Crippen molar-refractivity contribution in [3.05, 3.63) is 21.9 Å². The van der Waals surface area contributed by atoms with E-state index in [0.29, 0.717) is 5.75 Å². The van der Waals surface area contributed by atoms with E-state index in [4.69, 9.17) is 9.47 Å². The van der Waals surface area contributed by atoms with Gasteiger partial charge in [-0.2, -0.15) is 0 Å². The Kier molecular flexibility index (Phi) is 5.39. The second kappa shape index (κ2) is 6.43. The highest BCUT2D eigenvalue weighted by Crippen LogP contribution is 2.41. The normalized spacial score (nSPS) is 11.2. The van der Waals surface area contributed by atoms with Crippen LogP contribution >= 0.6 is 15.9 Å². The van der Waals surface area contributed by atoms with Crippen molar-refractivity contribution in [3.63, 3.8) is 0 Å². The van der Waals surface area contributed by atoms with Crippen molar-refractivity contribution < 1.29 is 18.7 Å². The van der Waals surface area contributed by atoms with Crippen LogP contribution in [-0.2, 0) is 10.2 Å². The fourth-order valence-electron chi connectivity index (χ4n) is 1.73. The minimum absolute atomic E-state index is 0.0565. The average Bonchev–Trinajstić information content (AvgIpc) is 2.34. The third-order valence-corrected chi connectivity index (χ3v) is 3.39. The number of amides is 1. The molecule has 0 heterocycles. The molecule has 0 aliphatic carbocycles. The standard InChI is InChI=1S/C14H19BrFNO3/c1-6-20-13(18)17-9-7-8(14(2,3)4)12(19-5)10(15)11(9)16/h7H,6H2,1-5H3,(H,17,18). The van der Waals surface area contributed by atoms with Crippen molar-refractivity contribution in [1.82, 2.24) is 0 Å². The zero-order valence-electron chi connectivity index (χ0n) is 12.3. The van der Waals surface area contributed by atoms with Gasteiger partial charge in [-0.05, 0) is 34.3 Å². The molecule has 0 aliphatic rings. The lowest BCUT2D eigenvalue weighted by Gasteiger charge is -2.24. The molecule has 1 aromatic carbocycles. The molecule has 0 spiro atoms. The SMILES string of the molecule is CCOC(=O)Nc1cc(C(C)(C)C)c(OC)c(Br)c1F. The predicted octanol–water partition coefficient (Wildman–Crippen LogP) is 4.46. The average molecular weight is 348 g/mol. The van der Waals surface area contributed by atoms with E-state index in [1.165, 1.54) is 7.11 Å². The van der Waals surface area contributed by atoms with E-state index in [-0.39, 0.29) is 22.2 Å². The summed E-state index contributed by atoms with van der Waals surface area (Å²) in [5.41, 5.74) is 0.563. The lowest BCUT2D eigenvalue weighted by molar-refractivity contribution is 0.167. The van der Waals surface area contributed by atoms with E-state index < -0.39 is 11.9 Å². The maximum Gasteiger partial charge on any atom is 0.411 e. The first-order valence-corrected chi connectivity index (χ1v) is 7.01.